The molecule has 0 spiro atoms. The number of hydrogen-bond donors (Lipinski definition) is 1. The van der Waals surface area contributed by atoms with E-state index in [1.807, 2.05) is 25.7 Å². The highest BCUT2D eigenvalue weighted by atomic mass is 16.2. The third-order valence-corrected chi connectivity index (χ3v) is 5.38. The number of carbonyl (C=O) groups excluding carboxylic acids is 2. The molecule has 1 aromatic rings. The van der Waals surface area contributed by atoms with Crippen molar-refractivity contribution in [3.8, 4) is 0 Å². The fourth-order valence-electron chi connectivity index (χ4n) is 3.78. The molecular weight excluding hydrogens is 326 g/mol. The zero-order chi connectivity index (χ0) is 19.2. The van der Waals surface area contributed by atoms with E-state index in [0.717, 1.165) is 22.4 Å². The summed E-state index contributed by atoms with van der Waals surface area (Å²) in [5, 5.41) is 3.05. The number of rotatable bonds is 4. The molecule has 2 aliphatic rings. The molecule has 2 aliphatic heterocycles. The average molecular weight is 353 g/mol. The van der Waals surface area contributed by atoms with Crippen LogP contribution in [0.15, 0.2) is 36.1 Å². The van der Waals surface area contributed by atoms with E-state index in [0.29, 0.717) is 18.7 Å². The Kier molecular flexibility index (Phi) is 4.65. The maximum Gasteiger partial charge on any atom is 0.322 e. The average Bonchev–Trinajstić information content (AvgIpc) is 2.91. The van der Waals surface area contributed by atoms with Crippen LogP contribution in [0.2, 0.25) is 0 Å². The minimum Gasteiger partial charge on any atom is -0.331 e. The van der Waals surface area contributed by atoms with Gasteiger partial charge in [0.15, 0.2) is 0 Å². The number of hydrogen-bond acceptors (Lipinski definition) is 2. The van der Waals surface area contributed by atoms with Crippen LogP contribution in [0, 0.1) is 20.8 Å². The quantitative estimate of drug-likeness (QED) is 0.844. The molecule has 0 saturated carbocycles. The number of urea groups is 1. The molecular formula is C21H27N3O2. The number of carbonyl (C=O) groups is 2. The summed E-state index contributed by atoms with van der Waals surface area (Å²) < 4.78 is 0. The number of nitrogens with zero attached hydrogens (tertiary/aromatic N) is 2. The topological polar surface area (TPSA) is 52.7 Å². The fourth-order valence-corrected chi connectivity index (χ4v) is 3.78. The van der Waals surface area contributed by atoms with Crippen molar-refractivity contribution < 1.29 is 9.59 Å². The highest BCUT2D eigenvalue weighted by molar-refractivity contribution is 6.01. The van der Waals surface area contributed by atoms with E-state index in [1.54, 1.807) is 11.0 Å². The number of amides is 3. The van der Waals surface area contributed by atoms with Gasteiger partial charge in [-0.1, -0.05) is 18.2 Å². The molecule has 0 aromatic heterocycles. The number of benzene rings is 1. The Bertz CT molecular complexity index is 823. The Balaban J connectivity index is 2.15. The third-order valence-electron chi connectivity index (χ3n) is 5.38. The van der Waals surface area contributed by atoms with Crippen LogP contribution in [0.5, 0.6) is 0 Å². The normalized spacial score (nSPS) is 20.0. The molecule has 2 heterocycles. The second-order valence-electron chi connectivity index (χ2n) is 7.46. The van der Waals surface area contributed by atoms with Gasteiger partial charge in [-0.15, -0.1) is 6.58 Å². The van der Waals surface area contributed by atoms with Crippen molar-refractivity contribution in [2.24, 2.45) is 0 Å². The first-order chi connectivity index (χ1) is 12.3. The van der Waals surface area contributed by atoms with Crippen molar-refractivity contribution in [3.05, 3.63) is 58.3 Å². The molecule has 0 fully saturated rings. The first-order valence-electron chi connectivity index (χ1n) is 9.07. The molecule has 3 rings (SSSR count). The number of aryl methyl sites for hydroxylation is 3. The van der Waals surface area contributed by atoms with E-state index < -0.39 is 6.04 Å². The molecule has 3 amide bonds. The van der Waals surface area contributed by atoms with E-state index in [-0.39, 0.29) is 18.0 Å². The first kappa shape index (κ1) is 18.2. The van der Waals surface area contributed by atoms with Crippen LogP contribution in [0.1, 0.15) is 42.1 Å². The van der Waals surface area contributed by atoms with Crippen LogP contribution in [-0.4, -0.2) is 40.9 Å². The van der Waals surface area contributed by atoms with E-state index >= 15 is 0 Å². The second-order valence-corrected chi connectivity index (χ2v) is 7.46. The SMILES string of the molecule is C=CCN1C(=O)NC(c2cc(C)c(C)cc2C)C2=C1CN(C(C)C)C2=O. The summed E-state index contributed by atoms with van der Waals surface area (Å²) in [5.41, 5.74) is 5.92. The lowest BCUT2D eigenvalue weighted by molar-refractivity contribution is -0.127. The molecule has 5 nitrogen and oxygen atoms in total. The molecule has 0 saturated heterocycles. The van der Waals surface area contributed by atoms with Gasteiger partial charge in [0, 0.05) is 12.6 Å². The standard InChI is InChI=1S/C21H27N3O2/c1-7-8-23-17-11-24(12(2)3)20(25)18(17)19(22-21(23)26)16-10-14(5)13(4)9-15(16)6/h7,9-10,12,19H,1,8,11H2,2-6H3,(H,22,26). The van der Waals surface area contributed by atoms with Crippen LogP contribution >= 0.6 is 0 Å². The Morgan fingerprint density at radius 3 is 2.46 bits per heavy atom. The highest BCUT2D eigenvalue weighted by Gasteiger charge is 2.44. The van der Waals surface area contributed by atoms with Gasteiger partial charge in [0.25, 0.3) is 5.91 Å². The summed E-state index contributed by atoms with van der Waals surface area (Å²) in [6.45, 7) is 14.8. The lowest BCUT2D eigenvalue weighted by Crippen LogP contribution is -2.47. The maximum absolute atomic E-state index is 13.1. The fraction of sp³-hybridized carbons (Fsp3) is 0.429. The van der Waals surface area contributed by atoms with Gasteiger partial charge in [-0.2, -0.15) is 0 Å². The Hall–Kier alpha value is -2.56. The van der Waals surface area contributed by atoms with Gasteiger partial charge in [0.1, 0.15) is 0 Å². The molecule has 0 aliphatic carbocycles. The molecule has 1 aromatic carbocycles. The number of nitrogens with one attached hydrogen (secondary N) is 1. The van der Waals surface area contributed by atoms with E-state index in [9.17, 15) is 9.59 Å². The molecule has 0 bridgehead atoms. The molecule has 5 heteroatoms. The van der Waals surface area contributed by atoms with Gasteiger partial charge in [-0.05, 0) is 56.9 Å². The summed E-state index contributed by atoms with van der Waals surface area (Å²) in [5.74, 6) is 0.00619. The van der Waals surface area contributed by atoms with Gasteiger partial charge in [0.05, 0.1) is 23.9 Å². The maximum atomic E-state index is 13.1. The van der Waals surface area contributed by atoms with Crippen LogP contribution in [0.25, 0.3) is 0 Å². The van der Waals surface area contributed by atoms with Crippen molar-refractivity contribution >= 4 is 11.9 Å². The van der Waals surface area contributed by atoms with Crippen molar-refractivity contribution in [2.45, 2.75) is 46.7 Å². The van der Waals surface area contributed by atoms with E-state index in [1.165, 1.54) is 5.56 Å². The third kappa shape index (κ3) is 2.81. The lowest BCUT2D eigenvalue weighted by Gasteiger charge is -2.33. The lowest BCUT2D eigenvalue weighted by atomic mass is 9.90. The highest BCUT2D eigenvalue weighted by Crippen LogP contribution is 2.38. The predicted octanol–water partition coefficient (Wildman–Crippen LogP) is 3.37. The summed E-state index contributed by atoms with van der Waals surface area (Å²) >= 11 is 0. The molecule has 1 atom stereocenters. The Morgan fingerprint density at radius 1 is 1.19 bits per heavy atom. The zero-order valence-corrected chi connectivity index (χ0v) is 16.2. The summed E-state index contributed by atoms with van der Waals surface area (Å²) in [7, 11) is 0. The smallest absolute Gasteiger partial charge is 0.322 e. The minimum absolute atomic E-state index is 0.00619. The van der Waals surface area contributed by atoms with Gasteiger partial charge >= 0.3 is 6.03 Å². The predicted molar refractivity (Wildman–Crippen MR) is 103 cm³/mol. The van der Waals surface area contributed by atoms with Gasteiger partial charge in [-0.3, -0.25) is 9.69 Å². The Morgan fingerprint density at radius 2 is 1.85 bits per heavy atom. The van der Waals surface area contributed by atoms with E-state index in [4.69, 9.17) is 0 Å². The van der Waals surface area contributed by atoms with Crippen molar-refractivity contribution in [2.75, 3.05) is 13.1 Å². The van der Waals surface area contributed by atoms with Crippen molar-refractivity contribution in [1.29, 1.82) is 0 Å². The first-order valence-corrected chi connectivity index (χ1v) is 9.07. The summed E-state index contributed by atoms with van der Waals surface area (Å²) in [4.78, 5) is 29.4. The van der Waals surface area contributed by atoms with Gasteiger partial charge in [0.2, 0.25) is 0 Å². The summed E-state index contributed by atoms with van der Waals surface area (Å²) in [6, 6.07) is 3.70. The molecule has 138 valence electrons. The van der Waals surface area contributed by atoms with Gasteiger partial charge in [-0.25, -0.2) is 4.79 Å². The van der Waals surface area contributed by atoms with Crippen LogP contribution < -0.4 is 5.32 Å². The molecule has 0 radical (unpaired) electrons. The van der Waals surface area contributed by atoms with Crippen molar-refractivity contribution in [1.82, 2.24) is 15.1 Å². The zero-order valence-electron chi connectivity index (χ0n) is 16.2. The summed E-state index contributed by atoms with van der Waals surface area (Å²) in [6.07, 6.45) is 1.69. The monoisotopic (exact) mass is 353 g/mol. The Labute approximate surface area is 155 Å². The molecule has 1 N–H and O–H groups in total. The van der Waals surface area contributed by atoms with Crippen LogP contribution in [0.4, 0.5) is 4.79 Å². The molecule has 26 heavy (non-hydrogen) atoms. The van der Waals surface area contributed by atoms with Crippen LogP contribution in [0.3, 0.4) is 0 Å². The molecule has 1 unspecified atom stereocenters. The second kappa shape index (κ2) is 6.63. The largest absolute Gasteiger partial charge is 0.331 e. The van der Waals surface area contributed by atoms with Gasteiger partial charge < -0.3 is 10.2 Å². The van der Waals surface area contributed by atoms with Crippen LogP contribution in [-0.2, 0) is 4.79 Å². The van der Waals surface area contributed by atoms with Crippen molar-refractivity contribution in [3.63, 3.8) is 0 Å². The minimum atomic E-state index is -0.408. The van der Waals surface area contributed by atoms with E-state index in [2.05, 4.69) is 37.9 Å².